The van der Waals surface area contributed by atoms with Crippen molar-refractivity contribution < 1.29 is 4.79 Å². The van der Waals surface area contributed by atoms with Crippen LogP contribution in [0.5, 0.6) is 0 Å². The van der Waals surface area contributed by atoms with E-state index in [0.717, 1.165) is 10.8 Å². The van der Waals surface area contributed by atoms with Crippen LogP contribution in [0.15, 0.2) is 53.6 Å². The summed E-state index contributed by atoms with van der Waals surface area (Å²) >= 11 is 0. The Kier molecular flexibility index (Phi) is 4.80. The second-order valence-electron chi connectivity index (χ2n) is 7.67. The Labute approximate surface area is 150 Å². The average Bonchev–Trinajstić information content (AvgIpc) is 2.59. The van der Waals surface area contributed by atoms with Crippen LogP contribution in [0.2, 0.25) is 0 Å². The van der Waals surface area contributed by atoms with E-state index in [1.807, 2.05) is 18.2 Å². The van der Waals surface area contributed by atoms with E-state index in [2.05, 4.69) is 56.4 Å². The van der Waals surface area contributed by atoms with Crippen molar-refractivity contribution >= 4 is 22.8 Å². The predicted octanol–water partition coefficient (Wildman–Crippen LogP) is 5.74. The summed E-state index contributed by atoms with van der Waals surface area (Å²) in [5, 5.41) is 4.92. The van der Waals surface area contributed by atoms with Crippen LogP contribution in [0.3, 0.4) is 0 Å². The van der Waals surface area contributed by atoms with Gasteiger partial charge in [0.15, 0.2) is 0 Å². The fourth-order valence-corrected chi connectivity index (χ4v) is 3.84. The minimum Gasteiger partial charge on any atom is -0.355 e. The lowest BCUT2D eigenvalue weighted by atomic mass is 9.72. The summed E-state index contributed by atoms with van der Waals surface area (Å²) in [5.41, 5.74) is 5.15. The number of carbonyl (C=O) groups excluding carboxylic acids is 1. The molecular formula is C23H27NO. The van der Waals surface area contributed by atoms with Gasteiger partial charge in [0.1, 0.15) is 0 Å². The molecule has 2 aromatic carbocycles. The second kappa shape index (κ2) is 6.87. The van der Waals surface area contributed by atoms with Gasteiger partial charge in [0.25, 0.3) is 5.91 Å². The molecule has 0 saturated carbocycles. The third kappa shape index (κ3) is 3.68. The molecule has 1 aliphatic rings. The number of allylic oxidation sites excluding steroid dienone is 3. The molecule has 0 spiro atoms. The lowest BCUT2D eigenvalue weighted by Gasteiger charge is -2.32. The number of hydrogen-bond acceptors (Lipinski definition) is 1. The van der Waals surface area contributed by atoms with Crippen LogP contribution in [-0.2, 0) is 0 Å². The van der Waals surface area contributed by atoms with Gasteiger partial charge in [0, 0.05) is 12.6 Å². The van der Waals surface area contributed by atoms with E-state index in [1.165, 1.54) is 36.0 Å². The van der Waals surface area contributed by atoms with Gasteiger partial charge in [-0.2, -0.15) is 0 Å². The first-order valence-electron chi connectivity index (χ1n) is 9.05. The van der Waals surface area contributed by atoms with Gasteiger partial charge in [-0.05, 0) is 71.7 Å². The average molecular weight is 333 g/mol. The van der Waals surface area contributed by atoms with Crippen LogP contribution in [0.4, 0.5) is 0 Å². The maximum atomic E-state index is 11.8. The van der Waals surface area contributed by atoms with Crippen molar-refractivity contribution in [2.24, 2.45) is 5.41 Å². The van der Waals surface area contributed by atoms with Crippen molar-refractivity contribution in [3.05, 3.63) is 64.7 Å². The maximum absolute atomic E-state index is 11.8. The largest absolute Gasteiger partial charge is 0.355 e. The van der Waals surface area contributed by atoms with Gasteiger partial charge in [-0.3, -0.25) is 4.79 Å². The van der Waals surface area contributed by atoms with Gasteiger partial charge in [0.05, 0.1) is 0 Å². The Hall–Kier alpha value is -2.35. The van der Waals surface area contributed by atoms with E-state index in [9.17, 15) is 4.79 Å². The molecule has 0 fully saturated rings. The lowest BCUT2D eigenvalue weighted by Crippen LogP contribution is -2.18. The van der Waals surface area contributed by atoms with Crippen molar-refractivity contribution in [3.8, 4) is 0 Å². The summed E-state index contributed by atoms with van der Waals surface area (Å²) in [6.07, 6.45) is 8.28. The normalized spacial score (nSPS) is 17.3. The lowest BCUT2D eigenvalue weighted by molar-refractivity contribution is 0.0963. The molecule has 2 aromatic rings. The van der Waals surface area contributed by atoms with E-state index in [-0.39, 0.29) is 11.3 Å². The molecule has 0 aromatic heterocycles. The predicted molar refractivity (Wildman–Crippen MR) is 107 cm³/mol. The molecule has 0 bridgehead atoms. The van der Waals surface area contributed by atoms with Crippen LogP contribution >= 0.6 is 0 Å². The molecule has 0 radical (unpaired) electrons. The molecular weight excluding hydrogens is 306 g/mol. The third-order valence-electron chi connectivity index (χ3n) is 5.34. The number of rotatable bonds is 3. The second-order valence-corrected chi connectivity index (χ2v) is 7.67. The Morgan fingerprint density at radius 2 is 1.80 bits per heavy atom. The Morgan fingerprint density at radius 3 is 2.52 bits per heavy atom. The Balaban J connectivity index is 1.91. The molecule has 0 atom stereocenters. The summed E-state index contributed by atoms with van der Waals surface area (Å²) in [5.74, 6) is -0.0483. The standard InChI is InChI=1S/C23H27NO/c1-16-6-5-13-23(2,3)21(16)12-8-17-7-9-19-15-20(22(25)24-4)11-10-18(19)14-17/h7-12,14-15H,5-6,13H2,1-4H3,(H,24,25). The fourth-order valence-electron chi connectivity index (χ4n) is 3.84. The summed E-state index contributed by atoms with van der Waals surface area (Å²) < 4.78 is 0. The molecule has 2 nitrogen and oxygen atoms in total. The topological polar surface area (TPSA) is 29.1 Å². The molecule has 1 N–H and O–H groups in total. The van der Waals surface area contributed by atoms with Crippen LogP contribution < -0.4 is 5.32 Å². The van der Waals surface area contributed by atoms with Gasteiger partial charge < -0.3 is 5.32 Å². The van der Waals surface area contributed by atoms with Crippen molar-refractivity contribution in [2.75, 3.05) is 7.05 Å². The Bertz CT molecular complexity index is 871. The first-order chi connectivity index (χ1) is 11.9. The third-order valence-corrected chi connectivity index (χ3v) is 5.34. The van der Waals surface area contributed by atoms with E-state index in [1.54, 1.807) is 7.05 Å². The summed E-state index contributed by atoms with van der Waals surface area (Å²) in [7, 11) is 1.66. The van der Waals surface area contributed by atoms with Crippen LogP contribution in [0, 0.1) is 5.41 Å². The molecule has 0 unspecified atom stereocenters. The van der Waals surface area contributed by atoms with E-state index in [4.69, 9.17) is 0 Å². The van der Waals surface area contributed by atoms with Crippen molar-refractivity contribution in [2.45, 2.75) is 40.0 Å². The maximum Gasteiger partial charge on any atom is 0.251 e. The summed E-state index contributed by atoms with van der Waals surface area (Å²) in [4.78, 5) is 11.8. The quantitative estimate of drug-likeness (QED) is 0.762. The number of amides is 1. The molecule has 25 heavy (non-hydrogen) atoms. The number of hydrogen-bond donors (Lipinski definition) is 1. The highest BCUT2D eigenvalue weighted by Gasteiger charge is 2.26. The summed E-state index contributed by atoms with van der Waals surface area (Å²) in [6, 6.07) is 12.2. The zero-order chi connectivity index (χ0) is 18.0. The molecule has 3 rings (SSSR count). The number of benzene rings is 2. The van der Waals surface area contributed by atoms with Crippen molar-refractivity contribution in [1.29, 1.82) is 0 Å². The van der Waals surface area contributed by atoms with Crippen LogP contribution in [-0.4, -0.2) is 13.0 Å². The highest BCUT2D eigenvalue weighted by Crippen LogP contribution is 2.41. The molecule has 0 aliphatic heterocycles. The Morgan fingerprint density at radius 1 is 1.08 bits per heavy atom. The van der Waals surface area contributed by atoms with E-state index >= 15 is 0 Å². The van der Waals surface area contributed by atoms with Crippen LogP contribution in [0.25, 0.3) is 16.8 Å². The smallest absolute Gasteiger partial charge is 0.251 e. The number of carbonyl (C=O) groups is 1. The van der Waals surface area contributed by atoms with E-state index < -0.39 is 0 Å². The molecule has 130 valence electrons. The first kappa shape index (κ1) is 17.5. The van der Waals surface area contributed by atoms with Gasteiger partial charge in [-0.15, -0.1) is 0 Å². The van der Waals surface area contributed by atoms with E-state index in [0.29, 0.717) is 5.56 Å². The van der Waals surface area contributed by atoms with Crippen molar-refractivity contribution in [1.82, 2.24) is 5.32 Å². The molecule has 0 heterocycles. The zero-order valence-electron chi connectivity index (χ0n) is 15.6. The minimum absolute atomic E-state index is 0.0483. The highest BCUT2D eigenvalue weighted by molar-refractivity contribution is 5.98. The molecule has 0 saturated heterocycles. The molecule has 1 amide bonds. The fraction of sp³-hybridized carbons (Fsp3) is 0.348. The summed E-state index contributed by atoms with van der Waals surface area (Å²) in [6.45, 7) is 6.95. The number of nitrogens with one attached hydrogen (secondary N) is 1. The van der Waals surface area contributed by atoms with Crippen LogP contribution in [0.1, 0.15) is 56.0 Å². The van der Waals surface area contributed by atoms with Gasteiger partial charge >= 0.3 is 0 Å². The minimum atomic E-state index is -0.0483. The molecule has 2 heteroatoms. The first-order valence-corrected chi connectivity index (χ1v) is 9.05. The van der Waals surface area contributed by atoms with Crippen molar-refractivity contribution in [3.63, 3.8) is 0 Å². The van der Waals surface area contributed by atoms with Gasteiger partial charge in [-0.25, -0.2) is 0 Å². The highest BCUT2D eigenvalue weighted by atomic mass is 16.1. The van der Waals surface area contributed by atoms with Gasteiger partial charge in [0.2, 0.25) is 0 Å². The van der Waals surface area contributed by atoms with Gasteiger partial charge in [-0.1, -0.05) is 49.8 Å². The zero-order valence-corrected chi connectivity index (χ0v) is 15.6. The molecule has 1 aliphatic carbocycles. The number of fused-ring (bicyclic) bond motifs is 1. The SMILES string of the molecule is CNC(=O)c1ccc2cc(C=CC3=C(C)CCCC3(C)C)ccc2c1. The monoisotopic (exact) mass is 333 g/mol.